The number of benzene rings is 2. The van der Waals surface area contributed by atoms with Crippen molar-refractivity contribution in [3.05, 3.63) is 60.2 Å². The molecule has 0 spiro atoms. The van der Waals surface area contributed by atoms with Gasteiger partial charge in [0.25, 0.3) is 23.5 Å². The van der Waals surface area contributed by atoms with Gasteiger partial charge in [0, 0.05) is 7.05 Å². The zero-order valence-corrected chi connectivity index (χ0v) is 16.9. The summed E-state index contributed by atoms with van der Waals surface area (Å²) in [5.41, 5.74) is 1.62. The maximum Gasteiger partial charge on any atom is 0.295 e. The summed E-state index contributed by atoms with van der Waals surface area (Å²) >= 11 is 0. The van der Waals surface area contributed by atoms with Crippen LogP contribution in [0.2, 0.25) is 0 Å². The average molecular weight is 420 g/mol. The number of quaternary nitrogens is 1. The molecule has 3 atom stereocenters. The van der Waals surface area contributed by atoms with Crippen molar-refractivity contribution in [2.75, 3.05) is 31.7 Å². The Morgan fingerprint density at radius 1 is 1.16 bits per heavy atom. The SMILES string of the molecule is CN1C(=O)C(NC(=O)C2=N[NH+]3CCOC(c4ccccc4)C3=N2)COc2ccccc21. The molecule has 0 radical (unpaired) electrons. The van der Waals surface area contributed by atoms with Crippen molar-refractivity contribution in [2.45, 2.75) is 12.1 Å². The molecule has 5 rings (SSSR count). The van der Waals surface area contributed by atoms with Gasteiger partial charge in [-0.05, 0) is 17.7 Å². The molecule has 0 aliphatic carbocycles. The Kier molecular flexibility index (Phi) is 4.97. The van der Waals surface area contributed by atoms with Crippen LogP contribution in [0.5, 0.6) is 5.75 Å². The molecular weight excluding hydrogens is 398 g/mol. The number of nitrogens with zero attached hydrogens (tertiary/aromatic N) is 3. The number of anilines is 1. The lowest BCUT2D eigenvalue weighted by Crippen LogP contribution is -3.11. The highest BCUT2D eigenvalue weighted by Crippen LogP contribution is 2.29. The number of likely N-dealkylation sites (N-methyl/N-ethyl adjacent to an activating group) is 1. The molecule has 3 unspecified atom stereocenters. The third-order valence-corrected chi connectivity index (χ3v) is 5.51. The van der Waals surface area contributed by atoms with Crippen LogP contribution in [-0.4, -0.2) is 56.3 Å². The number of morpholine rings is 1. The van der Waals surface area contributed by atoms with Crippen molar-refractivity contribution in [1.29, 1.82) is 0 Å². The van der Waals surface area contributed by atoms with Crippen molar-refractivity contribution in [3.63, 3.8) is 0 Å². The Labute approximate surface area is 179 Å². The van der Waals surface area contributed by atoms with Gasteiger partial charge in [0.15, 0.2) is 6.10 Å². The number of hydrogen-bond donors (Lipinski definition) is 2. The molecular formula is C22H22N5O4+. The summed E-state index contributed by atoms with van der Waals surface area (Å²) in [6.07, 6.45) is -0.359. The molecule has 3 aliphatic rings. The second-order valence-electron chi connectivity index (χ2n) is 7.49. The number of fused-ring (bicyclic) bond motifs is 2. The summed E-state index contributed by atoms with van der Waals surface area (Å²) in [4.78, 5) is 31.7. The third kappa shape index (κ3) is 3.58. The number of nitrogens with one attached hydrogen (secondary N) is 2. The van der Waals surface area contributed by atoms with E-state index < -0.39 is 11.9 Å². The molecule has 9 heteroatoms. The molecule has 31 heavy (non-hydrogen) atoms. The first kappa shape index (κ1) is 19.4. The maximum absolute atomic E-state index is 12.9. The van der Waals surface area contributed by atoms with E-state index in [2.05, 4.69) is 15.4 Å². The van der Waals surface area contributed by atoms with E-state index in [4.69, 9.17) is 9.47 Å². The van der Waals surface area contributed by atoms with Gasteiger partial charge >= 0.3 is 0 Å². The Hall–Kier alpha value is -3.56. The molecule has 2 N–H and O–H groups in total. The molecule has 0 aromatic heterocycles. The summed E-state index contributed by atoms with van der Waals surface area (Å²) < 4.78 is 11.7. The molecule has 2 amide bonds. The molecule has 1 saturated heterocycles. The Balaban J connectivity index is 1.33. The molecule has 3 aliphatic heterocycles. The van der Waals surface area contributed by atoms with E-state index >= 15 is 0 Å². The van der Waals surface area contributed by atoms with Gasteiger partial charge < -0.3 is 19.7 Å². The Morgan fingerprint density at radius 3 is 2.77 bits per heavy atom. The highest BCUT2D eigenvalue weighted by Gasteiger charge is 2.41. The molecule has 9 nitrogen and oxygen atoms in total. The second kappa shape index (κ2) is 7.93. The maximum atomic E-state index is 12.9. The number of amidine groups is 2. The molecule has 2 aromatic rings. The predicted octanol–water partition coefficient (Wildman–Crippen LogP) is -0.0914. The molecule has 3 heterocycles. The van der Waals surface area contributed by atoms with E-state index in [0.29, 0.717) is 30.4 Å². The lowest BCUT2D eigenvalue weighted by molar-refractivity contribution is -0.820. The van der Waals surface area contributed by atoms with Crippen molar-refractivity contribution in [2.24, 2.45) is 10.1 Å². The summed E-state index contributed by atoms with van der Waals surface area (Å²) in [5.74, 6) is 0.504. The smallest absolute Gasteiger partial charge is 0.295 e. The Morgan fingerprint density at radius 2 is 1.94 bits per heavy atom. The van der Waals surface area contributed by atoms with Gasteiger partial charge in [-0.1, -0.05) is 47.6 Å². The van der Waals surface area contributed by atoms with Gasteiger partial charge in [0.2, 0.25) is 0 Å². The predicted molar refractivity (Wildman–Crippen MR) is 113 cm³/mol. The monoisotopic (exact) mass is 420 g/mol. The van der Waals surface area contributed by atoms with Crippen LogP contribution in [0, 0.1) is 0 Å². The fourth-order valence-electron chi connectivity index (χ4n) is 3.90. The first-order valence-electron chi connectivity index (χ1n) is 10.1. The molecule has 2 aromatic carbocycles. The molecule has 1 fully saturated rings. The summed E-state index contributed by atoms with van der Waals surface area (Å²) in [7, 11) is 1.66. The highest BCUT2D eigenvalue weighted by molar-refractivity contribution is 6.40. The van der Waals surface area contributed by atoms with E-state index in [1.807, 2.05) is 42.5 Å². The lowest BCUT2D eigenvalue weighted by atomic mass is 10.1. The third-order valence-electron chi connectivity index (χ3n) is 5.51. The van der Waals surface area contributed by atoms with E-state index in [9.17, 15) is 9.59 Å². The minimum absolute atomic E-state index is 0.0299. The lowest BCUT2D eigenvalue weighted by Gasteiger charge is -2.24. The van der Waals surface area contributed by atoms with E-state index in [-0.39, 0.29) is 24.5 Å². The van der Waals surface area contributed by atoms with Crippen LogP contribution in [0.25, 0.3) is 0 Å². The van der Waals surface area contributed by atoms with Crippen molar-refractivity contribution in [1.82, 2.24) is 5.32 Å². The summed E-state index contributed by atoms with van der Waals surface area (Å²) in [6, 6.07) is 16.1. The van der Waals surface area contributed by atoms with Crippen molar-refractivity contribution < 1.29 is 24.1 Å². The first-order valence-corrected chi connectivity index (χ1v) is 10.1. The van der Waals surface area contributed by atoms with Gasteiger partial charge in [0.05, 0.1) is 5.69 Å². The number of carbonyl (C=O) groups excluding carboxylic acids is 2. The van der Waals surface area contributed by atoms with Crippen LogP contribution in [0.15, 0.2) is 64.7 Å². The van der Waals surface area contributed by atoms with Crippen molar-refractivity contribution in [3.8, 4) is 5.75 Å². The van der Waals surface area contributed by atoms with Crippen molar-refractivity contribution >= 4 is 29.2 Å². The van der Waals surface area contributed by atoms with Gasteiger partial charge in [-0.3, -0.25) is 9.59 Å². The second-order valence-corrected chi connectivity index (χ2v) is 7.49. The van der Waals surface area contributed by atoms with E-state index in [1.165, 1.54) is 4.90 Å². The minimum Gasteiger partial charge on any atom is -0.489 e. The van der Waals surface area contributed by atoms with Gasteiger partial charge in [-0.15, -0.1) is 0 Å². The van der Waals surface area contributed by atoms with E-state index in [0.717, 1.165) is 10.6 Å². The number of para-hydroxylation sites is 2. The van der Waals surface area contributed by atoms with Crippen LogP contribution in [0.1, 0.15) is 11.7 Å². The Bertz CT molecular complexity index is 1080. The van der Waals surface area contributed by atoms with E-state index in [1.54, 1.807) is 19.2 Å². The normalized spacial score (nSPS) is 24.9. The number of carbonyl (C=O) groups is 2. The fourth-order valence-corrected chi connectivity index (χ4v) is 3.90. The topological polar surface area (TPSA) is 97.0 Å². The standard InChI is InChI=1S/C22H21N5O4/c1-26-16-9-5-6-10-17(16)31-13-15(22(26)29)23-21(28)19-24-20-18(14-7-3-2-4-8-14)30-12-11-27(20)25-19/h2-10,15,18H,11-13H2,1H3,(H,23,28)/p+1. The van der Waals surface area contributed by atoms with Crippen LogP contribution in [0.4, 0.5) is 5.69 Å². The first-order chi connectivity index (χ1) is 15.1. The van der Waals surface area contributed by atoms with Crippen LogP contribution < -0.4 is 20.0 Å². The number of rotatable bonds is 3. The van der Waals surface area contributed by atoms with Crippen LogP contribution in [0.3, 0.4) is 0 Å². The number of amides is 2. The quantitative estimate of drug-likeness (QED) is 0.725. The molecule has 158 valence electrons. The number of ether oxygens (including phenoxy) is 2. The fraction of sp³-hybridized carbons (Fsp3) is 0.273. The van der Waals surface area contributed by atoms with Crippen LogP contribution in [-0.2, 0) is 14.3 Å². The summed E-state index contributed by atoms with van der Waals surface area (Å²) in [6.45, 7) is 1.12. The zero-order chi connectivity index (χ0) is 21.4. The van der Waals surface area contributed by atoms with Gasteiger partial charge in [0.1, 0.15) is 31.5 Å². The minimum atomic E-state index is -0.846. The highest BCUT2D eigenvalue weighted by atomic mass is 16.5. The number of aliphatic imine (C=N–C) groups is 1. The summed E-state index contributed by atoms with van der Waals surface area (Å²) in [5, 5.41) is 7.91. The number of hydrogen-bond acceptors (Lipinski definition) is 6. The van der Waals surface area contributed by atoms with Crippen LogP contribution >= 0.6 is 0 Å². The molecule has 0 saturated carbocycles. The average Bonchev–Trinajstić information content (AvgIpc) is 3.22. The molecule has 0 bridgehead atoms. The van der Waals surface area contributed by atoms with Gasteiger partial charge in [-0.25, -0.2) is 0 Å². The largest absolute Gasteiger partial charge is 0.489 e. The van der Waals surface area contributed by atoms with Gasteiger partial charge in [-0.2, -0.15) is 10.0 Å². The zero-order valence-electron chi connectivity index (χ0n) is 16.9.